The number of likely N-dealkylation sites (tertiary alicyclic amines) is 1. The smallest absolute Gasteiger partial charge is 0.251 e. The summed E-state index contributed by atoms with van der Waals surface area (Å²) in [7, 11) is -1.61. The number of carbonyl (C=O) groups excluding carboxylic acids is 1. The van der Waals surface area contributed by atoms with Crippen molar-refractivity contribution in [2.45, 2.75) is 50.1 Å². The minimum absolute atomic E-state index is 0.0979. The third kappa shape index (κ3) is 6.49. The van der Waals surface area contributed by atoms with E-state index in [1.807, 2.05) is 36.4 Å². The number of nitrogens with zero attached hydrogens (tertiary/aromatic N) is 4. The van der Waals surface area contributed by atoms with E-state index < -0.39 is 15.6 Å². The van der Waals surface area contributed by atoms with E-state index in [1.165, 1.54) is 0 Å². The monoisotopic (exact) mass is 561 g/mol. The molecule has 1 aliphatic heterocycles. The van der Waals surface area contributed by atoms with Crippen molar-refractivity contribution >= 4 is 33.2 Å². The van der Waals surface area contributed by atoms with Crippen molar-refractivity contribution in [3.63, 3.8) is 0 Å². The molecule has 0 unspecified atom stereocenters. The number of hydrogen-bond acceptors (Lipinski definition) is 7. The van der Waals surface area contributed by atoms with E-state index in [2.05, 4.69) is 37.4 Å². The van der Waals surface area contributed by atoms with Crippen LogP contribution in [0.25, 0.3) is 16.9 Å². The Morgan fingerprint density at radius 2 is 1.70 bits per heavy atom. The number of hydrogen-bond donors (Lipinski definition) is 3. The summed E-state index contributed by atoms with van der Waals surface area (Å²) in [5, 5.41) is 11.0. The van der Waals surface area contributed by atoms with Gasteiger partial charge in [-0.05, 0) is 96.2 Å². The van der Waals surface area contributed by atoms with Crippen LogP contribution >= 0.6 is 0 Å². The molecule has 1 saturated heterocycles. The zero-order valence-corrected chi connectivity index (χ0v) is 24.0. The molecule has 11 heteroatoms. The lowest BCUT2D eigenvalue weighted by Gasteiger charge is -2.29. The highest BCUT2D eigenvalue weighted by Gasteiger charge is 2.23. The first-order chi connectivity index (χ1) is 19.0. The van der Waals surface area contributed by atoms with Gasteiger partial charge in [0.15, 0.2) is 5.65 Å². The van der Waals surface area contributed by atoms with E-state index in [0.29, 0.717) is 34.1 Å². The van der Waals surface area contributed by atoms with Crippen molar-refractivity contribution in [3.8, 4) is 11.3 Å². The van der Waals surface area contributed by atoms with Gasteiger partial charge in [-0.15, -0.1) is 5.10 Å². The van der Waals surface area contributed by atoms with Crippen molar-refractivity contribution in [2.24, 2.45) is 0 Å². The maximum Gasteiger partial charge on any atom is 0.251 e. The molecule has 5 rings (SSSR count). The van der Waals surface area contributed by atoms with Gasteiger partial charge in [0.1, 0.15) is 0 Å². The number of aromatic nitrogens is 3. The Kier molecular flexibility index (Phi) is 7.63. The van der Waals surface area contributed by atoms with Crippen LogP contribution in [-0.2, 0) is 10.0 Å². The normalized spacial score (nSPS) is 15.3. The second kappa shape index (κ2) is 11.0. The highest BCUT2D eigenvalue weighted by molar-refractivity contribution is 7.89. The summed E-state index contributed by atoms with van der Waals surface area (Å²) >= 11 is 0. The third-order valence-electron chi connectivity index (χ3n) is 6.68. The topological polar surface area (TPSA) is 121 Å². The minimum Gasteiger partial charge on any atom is -0.349 e. The molecule has 4 aromatic rings. The van der Waals surface area contributed by atoms with Crippen LogP contribution in [0.1, 0.15) is 44.0 Å². The Labute approximate surface area is 234 Å². The predicted octanol–water partition coefficient (Wildman–Crippen LogP) is 4.04. The van der Waals surface area contributed by atoms with Crippen LogP contribution in [-0.4, -0.2) is 65.5 Å². The second-order valence-corrected chi connectivity index (χ2v) is 12.9. The van der Waals surface area contributed by atoms with Gasteiger partial charge >= 0.3 is 0 Å². The largest absolute Gasteiger partial charge is 0.349 e. The molecule has 3 heterocycles. The van der Waals surface area contributed by atoms with E-state index in [4.69, 9.17) is 0 Å². The summed E-state index contributed by atoms with van der Waals surface area (Å²) in [5.41, 5.74) is 2.62. The molecule has 1 amide bonds. The van der Waals surface area contributed by atoms with Gasteiger partial charge in [0, 0.05) is 28.4 Å². The Morgan fingerprint density at radius 3 is 2.45 bits per heavy atom. The average molecular weight is 562 g/mol. The zero-order chi connectivity index (χ0) is 28.5. The molecule has 2 aromatic heterocycles. The van der Waals surface area contributed by atoms with Crippen LogP contribution in [0.5, 0.6) is 0 Å². The van der Waals surface area contributed by atoms with E-state index >= 15 is 0 Å². The molecule has 0 bridgehead atoms. The number of piperidine rings is 1. The molecule has 0 atom stereocenters. The van der Waals surface area contributed by atoms with Gasteiger partial charge in [-0.3, -0.25) is 4.79 Å². The Bertz CT molecular complexity index is 1630. The molecule has 40 heavy (non-hydrogen) atoms. The van der Waals surface area contributed by atoms with Gasteiger partial charge in [-0.2, -0.15) is 4.98 Å². The molecule has 1 aliphatic rings. The minimum atomic E-state index is -3.70. The van der Waals surface area contributed by atoms with E-state index in [-0.39, 0.29) is 16.8 Å². The fourth-order valence-electron chi connectivity index (χ4n) is 4.75. The summed E-state index contributed by atoms with van der Waals surface area (Å²) in [5.74, 6) is 0.262. The van der Waals surface area contributed by atoms with Gasteiger partial charge in [-0.25, -0.2) is 17.7 Å². The van der Waals surface area contributed by atoms with Gasteiger partial charge in [-0.1, -0.05) is 24.3 Å². The highest BCUT2D eigenvalue weighted by Crippen LogP contribution is 2.25. The van der Waals surface area contributed by atoms with Crippen LogP contribution < -0.4 is 15.4 Å². The van der Waals surface area contributed by atoms with Crippen LogP contribution in [0.4, 0.5) is 11.6 Å². The molecule has 0 aliphatic carbocycles. The lowest BCUT2D eigenvalue weighted by molar-refractivity contribution is 0.0917. The molecule has 10 nitrogen and oxygen atoms in total. The van der Waals surface area contributed by atoms with E-state index in [9.17, 15) is 13.2 Å². The molecule has 0 spiro atoms. The van der Waals surface area contributed by atoms with Gasteiger partial charge in [0.2, 0.25) is 16.0 Å². The van der Waals surface area contributed by atoms with Crippen molar-refractivity contribution in [3.05, 3.63) is 72.3 Å². The van der Waals surface area contributed by atoms with Crippen LogP contribution in [0.15, 0.2) is 71.6 Å². The molecular formula is C29H35N7O3S. The number of nitrogens with one attached hydrogen (secondary N) is 3. The number of benzene rings is 2. The SMILES string of the molecule is CN1CCC(NC(=O)c2cccc(Nc3nc4cccc(-c5cccc(S(=O)(=O)NC(C)(C)C)c5)n4n3)c2)CC1. The number of sulfonamides is 1. The average Bonchev–Trinajstić information content (AvgIpc) is 3.31. The van der Waals surface area contributed by atoms with Gasteiger partial charge in [0.05, 0.1) is 10.6 Å². The molecular weight excluding hydrogens is 526 g/mol. The summed E-state index contributed by atoms with van der Waals surface area (Å²) in [6.45, 7) is 7.36. The van der Waals surface area contributed by atoms with Crippen molar-refractivity contribution in [1.29, 1.82) is 0 Å². The maximum absolute atomic E-state index is 12.9. The lowest BCUT2D eigenvalue weighted by Crippen LogP contribution is -2.43. The summed E-state index contributed by atoms with van der Waals surface area (Å²) in [6.07, 6.45) is 1.88. The molecule has 0 saturated carbocycles. The van der Waals surface area contributed by atoms with Crippen LogP contribution in [0.2, 0.25) is 0 Å². The van der Waals surface area contributed by atoms with Crippen molar-refractivity contribution < 1.29 is 13.2 Å². The first-order valence-corrected chi connectivity index (χ1v) is 14.8. The standard InChI is InChI=1S/C29H35N7O3S/c1-29(2,3)34-40(38,39)24-11-6-8-20(19-24)25-12-7-13-26-32-28(33-36(25)26)31-23-10-5-9-21(18-23)27(37)30-22-14-16-35(4)17-15-22/h5-13,18-19,22,34H,14-17H2,1-4H3,(H,30,37)(H,31,33). The Morgan fingerprint density at radius 1 is 0.975 bits per heavy atom. The predicted molar refractivity (Wildman–Crippen MR) is 156 cm³/mol. The quantitative estimate of drug-likeness (QED) is 0.311. The molecule has 0 radical (unpaired) electrons. The number of fused-ring (bicyclic) bond motifs is 1. The number of anilines is 2. The highest BCUT2D eigenvalue weighted by atomic mass is 32.2. The van der Waals surface area contributed by atoms with Crippen molar-refractivity contribution in [1.82, 2.24) is 29.5 Å². The molecule has 210 valence electrons. The third-order valence-corrected chi connectivity index (χ3v) is 8.43. The fraction of sp³-hybridized carbons (Fsp3) is 0.345. The number of amides is 1. The number of pyridine rings is 1. The Balaban J connectivity index is 1.37. The number of carbonyl (C=O) groups is 1. The van der Waals surface area contributed by atoms with Crippen LogP contribution in [0, 0.1) is 0 Å². The molecule has 1 fully saturated rings. The summed E-state index contributed by atoms with van der Waals surface area (Å²) < 4.78 is 30.2. The Hall–Kier alpha value is -3.80. The van der Waals surface area contributed by atoms with E-state index in [0.717, 1.165) is 25.9 Å². The first-order valence-electron chi connectivity index (χ1n) is 13.3. The fourth-order valence-corrected chi connectivity index (χ4v) is 6.21. The second-order valence-electron chi connectivity index (χ2n) is 11.3. The van der Waals surface area contributed by atoms with Crippen LogP contribution in [0.3, 0.4) is 0 Å². The zero-order valence-electron chi connectivity index (χ0n) is 23.2. The van der Waals surface area contributed by atoms with Gasteiger partial charge in [0.25, 0.3) is 5.91 Å². The maximum atomic E-state index is 12.9. The lowest BCUT2D eigenvalue weighted by atomic mass is 10.0. The summed E-state index contributed by atoms with van der Waals surface area (Å²) in [6, 6.07) is 19.7. The summed E-state index contributed by atoms with van der Waals surface area (Å²) in [4.78, 5) is 19.9. The van der Waals surface area contributed by atoms with Crippen molar-refractivity contribution in [2.75, 3.05) is 25.5 Å². The van der Waals surface area contributed by atoms with Gasteiger partial charge < -0.3 is 15.5 Å². The first kappa shape index (κ1) is 27.8. The molecule has 3 N–H and O–H groups in total. The van der Waals surface area contributed by atoms with E-state index in [1.54, 1.807) is 55.6 Å². The number of rotatable bonds is 7. The molecule has 2 aromatic carbocycles.